The van der Waals surface area contributed by atoms with Crippen LogP contribution in [0.15, 0.2) is 0 Å². The molecule has 0 amide bonds. The van der Waals surface area contributed by atoms with Crippen molar-refractivity contribution in [2.45, 2.75) is 25.7 Å². The fraction of sp³-hybridized carbons (Fsp3) is 0.857. The Hall–Kier alpha value is -0.440. The topological polar surface area (TPSA) is 37.3 Å². The van der Waals surface area contributed by atoms with Gasteiger partial charge in [0.2, 0.25) is 0 Å². The van der Waals surface area contributed by atoms with Gasteiger partial charge in [0, 0.05) is 13.0 Å². The molecule has 0 fully saturated rings. The average molecular weight is 148 g/mol. The summed E-state index contributed by atoms with van der Waals surface area (Å²) in [5.41, 5.74) is 0. The predicted octanol–water partition coefficient (Wildman–Crippen LogP) is 1.08. The maximum Gasteiger partial charge on any atom is 0.163 e. The van der Waals surface area contributed by atoms with E-state index in [9.17, 15) is 9.18 Å². The molecule has 0 spiro atoms. The molecule has 60 valence electrons. The number of unbranched alkanes of at least 4 members (excludes halogenated alkanes) is 2. The number of carbonyl (C=O) groups excluding carboxylic acids is 1. The van der Waals surface area contributed by atoms with Crippen LogP contribution in [0.3, 0.4) is 0 Å². The highest BCUT2D eigenvalue weighted by molar-refractivity contribution is 5.79. The molecular weight excluding hydrogens is 135 g/mol. The Kier molecular flexibility index (Phi) is 6.38. The van der Waals surface area contributed by atoms with E-state index in [0.29, 0.717) is 19.3 Å². The fourth-order valence-electron chi connectivity index (χ4n) is 0.678. The number of hydrogen-bond donors (Lipinski definition) is 1. The maximum absolute atomic E-state index is 11.5. The van der Waals surface area contributed by atoms with Crippen molar-refractivity contribution in [1.82, 2.24) is 0 Å². The second-order valence-corrected chi connectivity index (χ2v) is 2.21. The van der Waals surface area contributed by atoms with E-state index in [1.165, 1.54) is 0 Å². The van der Waals surface area contributed by atoms with Gasteiger partial charge in [0.15, 0.2) is 5.78 Å². The van der Waals surface area contributed by atoms with Gasteiger partial charge in [-0.3, -0.25) is 4.79 Å². The Labute approximate surface area is 60.1 Å². The predicted molar refractivity (Wildman–Crippen MR) is 36.5 cm³/mol. The summed E-state index contributed by atoms with van der Waals surface area (Å²) in [4.78, 5) is 10.3. The zero-order chi connectivity index (χ0) is 7.82. The van der Waals surface area contributed by atoms with Crippen LogP contribution < -0.4 is 0 Å². The van der Waals surface area contributed by atoms with E-state index in [1.54, 1.807) is 0 Å². The summed E-state index contributed by atoms with van der Waals surface area (Å²) in [6.07, 6.45) is 2.53. The normalized spacial score (nSPS) is 9.80. The standard InChI is InChI=1S/C7H13FO2/c8-6-7(10)4-2-1-3-5-9/h9H,1-6H2. The van der Waals surface area contributed by atoms with Crippen molar-refractivity contribution < 1.29 is 14.3 Å². The molecule has 0 heterocycles. The van der Waals surface area contributed by atoms with Gasteiger partial charge in [-0.25, -0.2) is 4.39 Å². The molecule has 2 nitrogen and oxygen atoms in total. The van der Waals surface area contributed by atoms with Crippen molar-refractivity contribution in [1.29, 1.82) is 0 Å². The van der Waals surface area contributed by atoms with Crippen molar-refractivity contribution in [3.05, 3.63) is 0 Å². The van der Waals surface area contributed by atoms with Gasteiger partial charge in [-0.15, -0.1) is 0 Å². The van der Waals surface area contributed by atoms with Crippen molar-refractivity contribution in [2.75, 3.05) is 13.3 Å². The van der Waals surface area contributed by atoms with Gasteiger partial charge in [-0.1, -0.05) is 6.42 Å². The van der Waals surface area contributed by atoms with Crippen LogP contribution >= 0.6 is 0 Å². The first kappa shape index (κ1) is 9.56. The zero-order valence-electron chi connectivity index (χ0n) is 5.98. The molecule has 0 aliphatic carbocycles. The van der Waals surface area contributed by atoms with Gasteiger partial charge in [0.05, 0.1) is 0 Å². The molecule has 0 atom stereocenters. The number of aliphatic hydroxyl groups is 1. The first-order chi connectivity index (χ1) is 4.81. The van der Waals surface area contributed by atoms with Gasteiger partial charge < -0.3 is 5.11 Å². The minimum Gasteiger partial charge on any atom is -0.396 e. The number of halogens is 1. The second kappa shape index (κ2) is 6.68. The lowest BCUT2D eigenvalue weighted by molar-refractivity contribution is -0.120. The first-order valence-electron chi connectivity index (χ1n) is 3.49. The lowest BCUT2D eigenvalue weighted by Gasteiger charge is -1.94. The number of Topliss-reactive ketones (excluding diaryl/α,β-unsaturated/α-hetero) is 1. The molecule has 0 bridgehead atoms. The van der Waals surface area contributed by atoms with E-state index in [1.807, 2.05) is 0 Å². The molecular formula is C7H13FO2. The van der Waals surface area contributed by atoms with E-state index < -0.39 is 6.67 Å². The molecule has 0 aliphatic rings. The quantitative estimate of drug-likeness (QED) is 0.572. The van der Waals surface area contributed by atoms with Crippen molar-refractivity contribution in [3.8, 4) is 0 Å². The highest BCUT2D eigenvalue weighted by Crippen LogP contribution is 1.99. The number of aliphatic hydroxyl groups excluding tert-OH is 1. The molecule has 0 saturated carbocycles. The van der Waals surface area contributed by atoms with Crippen molar-refractivity contribution >= 4 is 5.78 Å². The molecule has 0 unspecified atom stereocenters. The Morgan fingerprint density at radius 1 is 1.30 bits per heavy atom. The molecule has 0 saturated heterocycles. The van der Waals surface area contributed by atoms with Crippen LogP contribution in [0.4, 0.5) is 4.39 Å². The monoisotopic (exact) mass is 148 g/mol. The number of hydrogen-bond acceptors (Lipinski definition) is 2. The third-order valence-corrected chi connectivity index (χ3v) is 1.26. The molecule has 0 aromatic carbocycles. The Bertz CT molecular complexity index is 93.6. The van der Waals surface area contributed by atoms with Crippen molar-refractivity contribution in [2.24, 2.45) is 0 Å². The third kappa shape index (κ3) is 5.69. The minimum absolute atomic E-state index is 0.157. The number of carbonyl (C=O) groups is 1. The highest BCUT2D eigenvalue weighted by Gasteiger charge is 1.98. The molecule has 0 aromatic heterocycles. The van der Waals surface area contributed by atoms with E-state index in [2.05, 4.69) is 0 Å². The molecule has 10 heavy (non-hydrogen) atoms. The van der Waals surface area contributed by atoms with Crippen LogP contribution in [0.2, 0.25) is 0 Å². The first-order valence-corrected chi connectivity index (χ1v) is 3.49. The molecule has 1 N–H and O–H groups in total. The maximum atomic E-state index is 11.5. The lowest BCUT2D eigenvalue weighted by atomic mass is 10.1. The number of rotatable bonds is 6. The molecule has 0 aliphatic heterocycles. The number of ketones is 1. The molecule has 0 aromatic rings. The third-order valence-electron chi connectivity index (χ3n) is 1.26. The Morgan fingerprint density at radius 2 is 2.00 bits per heavy atom. The SMILES string of the molecule is O=C(CF)CCCCCO. The van der Waals surface area contributed by atoms with Crippen LogP contribution in [0.25, 0.3) is 0 Å². The van der Waals surface area contributed by atoms with Gasteiger partial charge in [-0.05, 0) is 12.8 Å². The summed E-state index contributed by atoms with van der Waals surface area (Å²) < 4.78 is 11.5. The second-order valence-electron chi connectivity index (χ2n) is 2.21. The fourth-order valence-corrected chi connectivity index (χ4v) is 0.678. The van der Waals surface area contributed by atoms with Crippen LogP contribution in [0.5, 0.6) is 0 Å². The van der Waals surface area contributed by atoms with Crippen LogP contribution in [0, 0.1) is 0 Å². The zero-order valence-corrected chi connectivity index (χ0v) is 5.98. The Balaban J connectivity index is 2.96. The van der Waals surface area contributed by atoms with E-state index >= 15 is 0 Å². The van der Waals surface area contributed by atoms with Gasteiger partial charge in [0.1, 0.15) is 6.67 Å². The average Bonchev–Trinajstić information content (AvgIpc) is 1.98. The molecule has 3 heteroatoms. The van der Waals surface area contributed by atoms with Crippen LogP contribution in [-0.2, 0) is 4.79 Å². The lowest BCUT2D eigenvalue weighted by Crippen LogP contribution is -1.99. The largest absolute Gasteiger partial charge is 0.396 e. The smallest absolute Gasteiger partial charge is 0.163 e. The van der Waals surface area contributed by atoms with E-state index in [4.69, 9.17) is 5.11 Å². The Morgan fingerprint density at radius 3 is 2.50 bits per heavy atom. The number of alkyl halides is 1. The van der Waals surface area contributed by atoms with Gasteiger partial charge in [0.25, 0.3) is 0 Å². The van der Waals surface area contributed by atoms with Crippen LogP contribution in [-0.4, -0.2) is 24.2 Å². The summed E-state index contributed by atoms with van der Waals surface area (Å²) in [6, 6.07) is 0. The van der Waals surface area contributed by atoms with E-state index in [-0.39, 0.29) is 12.4 Å². The molecule has 0 radical (unpaired) electrons. The van der Waals surface area contributed by atoms with Crippen LogP contribution in [0.1, 0.15) is 25.7 Å². The highest BCUT2D eigenvalue weighted by atomic mass is 19.1. The van der Waals surface area contributed by atoms with Gasteiger partial charge >= 0.3 is 0 Å². The van der Waals surface area contributed by atoms with Crippen molar-refractivity contribution in [3.63, 3.8) is 0 Å². The van der Waals surface area contributed by atoms with Gasteiger partial charge in [-0.2, -0.15) is 0 Å². The summed E-state index contributed by atoms with van der Waals surface area (Å²) in [7, 11) is 0. The minimum atomic E-state index is -0.848. The summed E-state index contributed by atoms with van der Waals surface area (Å²) >= 11 is 0. The summed E-state index contributed by atoms with van der Waals surface area (Å²) in [5.74, 6) is -0.335. The molecule has 0 rings (SSSR count). The summed E-state index contributed by atoms with van der Waals surface area (Å²) in [6.45, 7) is -0.692. The van der Waals surface area contributed by atoms with E-state index in [0.717, 1.165) is 6.42 Å². The summed E-state index contributed by atoms with van der Waals surface area (Å²) in [5, 5.41) is 8.33.